The van der Waals surface area contributed by atoms with Crippen LogP contribution in [0.4, 0.5) is 27.1 Å². The van der Waals surface area contributed by atoms with Gasteiger partial charge in [-0.2, -0.15) is 0 Å². The van der Waals surface area contributed by atoms with Crippen LogP contribution in [0.1, 0.15) is 49.1 Å². The number of aryl methyl sites for hydroxylation is 1. The van der Waals surface area contributed by atoms with Crippen molar-refractivity contribution in [1.82, 2.24) is 9.55 Å². The minimum Gasteiger partial charge on any atom is -0.457 e. The molecule has 6 heteroatoms. The van der Waals surface area contributed by atoms with E-state index in [2.05, 4.69) is 106 Å². The number of para-hydroxylation sites is 4. The van der Waals surface area contributed by atoms with Crippen LogP contribution >= 0.6 is 0 Å². The smallest absolute Gasteiger partial charge is 0.146 e. The van der Waals surface area contributed by atoms with Crippen molar-refractivity contribution in [2.24, 2.45) is 0 Å². The summed E-state index contributed by atoms with van der Waals surface area (Å²) in [5, 5.41) is 2.34. The van der Waals surface area contributed by atoms with E-state index in [1.54, 1.807) is 6.07 Å². The summed E-state index contributed by atoms with van der Waals surface area (Å²) < 4.78 is 24.2. The molecular formula is C43H37FN4O. The van der Waals surface area contributed by atoms with Crippen LogP contribution in [0.3, 0.4) is 0 Å². The number of aromatic nitrogens is 2. The van der Waals surface area contributed by atoms with Crippen LogP contribution in [0.2, 0.25) is 0 Å². The number of nitrogens with zero attached hydrogens (tertiary/aromatic N) is 4. The molecule has 0 unspecified atom stereocenters. The summed E-state index contributed by atoms with van der Waals surface area (Å²) in [5.74, 6) is 2.71. The van der Waals surface area contributed by atoms with Gasteiger partial charge in [0.1, 0.15) is 29.8 Å². The average Bonchev–Trinajstić information content (AvgIpc) is 3.68. The number of pyridine rings is 1. The average molecular weight is 645 g/mol. The number of hydrogen-bond acceptors (Lipinski definition) is 4. The SMILES string of the molecule is Cc1ccnc(-n2c3ccccc3c3ccc(Oc4cc(C5CCCCC5)cc(N5CN(c6ccccc6F)c6ccccc65)c4)cc32)c1. The largest absolute Gasteiger partial charge is 0.457 e. The van der Waals surface area contributed by atoms with E-state index < -0.39 is 0 Å². The Labute approximate surface area is 285 Å². The van der Waals surface area contributed by atoms with Gasteiger partial charge in [-0.15, -0.1) is 0 Å². The second-order valence-corrected chi connectivity index (χ2v) is 13.4. The molecule has 0 atom stereocenters. The Morgan fingerprint density at radius 2 is 1.39 bits per heavy atom. The third-order valence-corrected chi connectivity index (χ3v) is 10.2. The molecule has 5 nitrogen and oxygen atoms in total. The van der Waals surface area contributed by atoms with Gasteiger partial charge in [-0.1, -0.05) is 61.7 Å². The van der Waals surface area contributed by atoms with Crippen molar-refractivity contribution in [3.63, 3.8) is 0 Å². The molecule has 242 valence electrons. The lowest BCUT2D eigenvalue weighted by molar-refractivity contribution is 0.439. The Kier molecular flexibility index (Phi) is 7.30. The molecule has 3 heterocycles. The topological polar surface area (TPSA) is 33.5 Å². The van der Waals surface area contributed by atoms with Gasteiger partial charge in [-0.05, 0) is 104 Å². The predicted molar refractivity (Wildman–Crippen MR) is 198 cm³/mol. The normalized spacial score (nSPS) is 14.9. The van der Waals surface area contributed by atoms with E-state index in [1.807, 2.05) is 30.5 Å². The zero-order valence-corrected chi connectivity index (χ0v) is 27.5. The highest BCUT2D eigenvalue weighted by Gasteiger charge is 2.30. The molecule has 1 fully saturated rings. The van der Waals surface area contributed by atoms with Crippen molar-refractivity contribution >= 4 is 44.6 Å². The van der Waals surface area contributed by atoms with Crippen LogP contribution in [0, 0.1) is 12.7 Å². The molecule has 1 saturated carbocycles. The third kappa shape index (κ3) is 5.28. The molecule has 7 aromatic rings. The highest BCUT2D eigenvalue weighted by atomic mass is 19.1. The predicted octanol–water partition coefficient (Wildman–Crippen LogP) is 11.7. The number of fused-ring (bicyclic) bond motifs is 4. The van der Waals surface area contributed by atoms with E-state index in [4.69, 9.17) is 9.72 Å². The molecule has 5 aromatic carbocycles. The summed E-state index contributed by atoms with van der Waals surface area (Å²) in [4.78, 5) is 9.10. The van der Waals surface area contributed by atoms with Crippen LogP contribution in [0.25, 0.3) is 27.6 Å². The van der Waals surface area contributed by atoms with Gasteiger partial charge >= 0.3 is 0 Å². The zero-order valence-electron chi connectivity index (χ0n) is 27.5. The molecule has 0 spiro atoms. The van der Waals surface area contributed by atoms with Crippen LogP contribution in [-0.4, -0.2) is 16.2 Å². The van der Waals surface area contributed by atoms with Crippen molar-refractivity contribution in [2.75, 3.05) is 16.5 Å². The molecule has 1 aliphatic heterocycles. The monoisotopic (exact) mass is 644 g/mol. The summed E-state index contributed by atoms with van der Waals surface area (Å²) in [6.45, 7) is 2.60. The fraction of sp³-hybridized carbons (Fsp3) is 0.186. The summed E-state index contributed by atoms with van der Waals surface area (Å²) in [6.07, 6.45) is 8.00. The lowest BCUT2D eigenvalue weighted by Gasteiger charge is -2.26. The number of ether oxygens (including phenoxy) is 1. The molecule has 0 amide bonds. The first-order valence-electron chi connectivity index (χ1n) is 17.3. The number of anilines is 4. The van der Waals surface area contributed by atoms with Gasteiger partial charge in [0.05, 0.1) is 28.1 Å². The summed E-state index contributed by atoms with van der Waals surface area (Å²) in [6, 6.07) is 41.0. The van der Waals surface area contributed by atoms with Crippen LogP contribution in [0.5, 0.6) is 11.5 Å². The summed E-state index contributed by atoms with van der Waals surface area (Å²) >= 11 is 0. The highest BCUT2D eigenvalue weighted by molar-refractivity contribution is 6.09. The van der Waals surface area contributed by atoms with Crippen molar-refractivity contribution in [1.29, 1.82) is 0 Å². The van der Waals surface area contributed by atoms with Gasteiger partial charge < -0.3 is 14.5 Å². The molecule has 2 aromatic heterocycles. The third-order valence-electron chi connectivity index (χ3n) is 10.2. The minimum atomic E-state index is -0.229. The maximum atomic E-state index is 15.1. The van der Waals surface area contributed by atoms with Gasteiger partial charge in [0.2, 0.25) is 0 Å². The lowest BCUT2D eigenvalue weighted by atomic mass is 9.84. The van der Waals surface area contributed by atoms with E-state index in [1.165, 1.54) is 49.1 Å². The van der Waals surface area contributed by atoms with Gasteiger partial charge in [0.25, 0.3) is 0 Å². The molecule has 49 heavy (non-hydrogen) atoms. The molecule has 0 saturated heterocycles. The zero-order chi connectivity index (χ0) is 32.9. The van der Waals surface area contributed by atoms with Crippen molar-refractivity contribution in [2.45, 2.75) is 44.9 Å². The van der Waals surface area contributed by atoms with Gasteiger partial charge in [0.15, 0.2) is 0 Å². The van der Waals surface area contributed by atoms with Crippen LogP contribution in [-0.2, 0) is 0 Å². The van der Waals surface area contributed by atoms with Crippen molar-refractivity contribution in [3.05, 3.63) is 144 Å². The Hall–Kier alpha value is -5.62. The van der Waals surface area contributed by atoms with Crippen molar-refractivity contribution in [3.8, 4) is 17.3 Å². The van der Waals surface area contributed by atoms with Gasteiger partial charge in [0, 0.05) is 34.8 Å². The first-order chi connectivity index (χ1) is 24.1. The molecule has 0 bridgehead atoms. The Morgan fingerprint density at radius 1 is 0.653 bits per heavy atom. The van der Waals surface area contributed by atoms with Crippen molar-refractivity contribution < 1.29 is 9.13 Å². The van der Waals surface area contributed by atoms with E-state index in [9.17, 15) is 0 Å². The fourth-order valence-corrected chi connectivity index (χ4v) is 7.84. The molecule has 2 aliphatic rings. The number of benzene rings is 5. The Bertz CT molecular complexity index is 2340. The van der Waals surface area contributed by atoms with Crippen LogP contribution < -0.4 is 14.5 Å². The lowest BCUT2D eigenvalue weighted by Crippen LogP contribution is -2.24. The second-order valence-electron chi connectivity index (χ2n) is 13.4. The van der Waals surface area contributed by atoms with Gasteiger partial charge in [-0.3, -0.25) is 4.57 Å². The van der Waals surface area contributed by atoms with Crippen LogP contribution in [0.15, 0.2) is 128 Å². The van der Waals surface area contributed by atoms with E-state index in [0.29, 0.717) is 18.3 Å². The number of rotatable bonds is 6. The maximum Gasteiger partial charge on any atom is 0.146 e. The molecule has 0 radical (unpaired) electrons. The Morgan fingerprint density at radius 3 is 2.20 bits per heavy atom. The maximum absolute atomic E-state index is 15.1. The molecular weight excluding hydrogens is 607 g/mol. The first-order valence-corrected chi connectivity index (χ1v) is 17.3. The van der Waals surface area contributed by atoms with Gasteiger partial charge in [-0.25, -0.2) is 9.37 Å². The first kappa shape index (κ1) is 29.5. The number of halogens is 1. The minimum absolute atomic E-state index is 0.229. The van der Waals surface area contributed by atoms with E-state index in [-0.39, 0.29) is 5.82 Å². The fourth-order valence-electron chi connectivity index (χ4n) is 7.84. The molecule has 0 N–H and O–H groups in total. The standard InChI is InChI=1S/C43H37FN4O/c1-29-21-22-45-43(23-29)48-38-15-7-5-13-35(38)36-20-19-33(27-42(36)48)49-34-25-31(30-11-3-2-4-12-30)24-32(26-34)46-28-47(39-16-8-6-14-37(39)44)41-18-10-9-17-40(41)46/h5-10,13-27,30H,2-4,11-12,28H2,1H3. The second kappa shape index (κ2) is 12.1. The Balaban J connectivity index is 1.15. The summed E-state index contributed by atoms with van der Waals surface area (Å²) in [5.41, 5.74) is 8.28. The number of hydrogen-bond donors (Lipinski definition) is 0. The van der Waals surface area contributed by atoms with E-state index >= 15 is 4.39 Å². The quantitative estimate of drug-likeness (QED) is 0.180. The summed E-state index contributed by atoms with van der Waals surface area (Å²) in [7, 11) is 0. The molecule has 9 rings (SSSR count). The van der Waals surface area contributed by atoms with E-state index in [0.717, 1.165) is 56.4 Å². The molecule has 1 aliphatic carbocycles. The highest BCUT2D eigenvalue weighted by Crippen LogP contribution is 2.47.